The summed E-state index contributed by atoms with van der Waals surface area (Å²) in [4.78, 5) is 23.8. The van der Waals surface area contributed by atoms with E-state index in [0.717, 1.165) is 62.2 Å². The number of carbonyl (C=O) groups is 1. The van der Waals surface area contributed by atoms with E-state index in [2.05, 4.69) is 35.7 Å². The fourth-order valence-corrected chi connectivity index (χ4v) is 4.02. The van der Waals surface area contributed by atoms with Crippen molar-refractivity contribution in [2.75, 3.05) is 43.1 Å². The van der Waals surface area contributed by atoms with E-state index in [0.29, 0.717) is 37.2 Å². The molecule has 5 rings (SSSR count). The molecule has 10 nitrogen and oxygen atoms in total. The number of hydrogen-bond acceptors (Lipinski definition) is 8. The zero-order chi connectivity index (χ0) is 21.0. The molecule has 10 heteroatoms. The summed E-state index contributed by atoms with van der Waals surface area (Å²) in [6, 6.07) is 5.67. The van der Waals surface area contributed by atoms with Crippen LogP contribution in [0.2, 0.25) is 0 Å². The number of fused-ring (bicyclic) bond motifs is 3. The highest BCUT2D eigenvalue weighted by Crippen LogP contribution is 2.22. The smallest absolute Gasteiger partial charge is 0.267 e. The van der Waals surface area contributed by atoms with Gasteiger partial charge in [0.15, 0.2) is 11.6 Å². The summed E-state index contributed by atoms with van der Waals surface area (Å²) in [5.74, 6) is 1.77. The first-order chi connectivity index (χ1) is 15.3. The zero-order valence-electron chi connectivity index (χ0n) is 17.4. The van der Waals surface area contributed by atoms with E-state index in [4.69, 9.17) is 4.74 Å². The molecule has 0 spiro atoms. The number of hydrogen-bond donors (Lipinski definition) is 2. The van der Waals surface area contributed by atoms with Crippen LogP contribution in [0, 0.1) is 0 Å². The van der Waals surface area contributed by atoms with E-state index >= 15 is 0 Å². The number of rotatable bonds is 3. The first kappa shape index (κ1) is 19.7. The molecule has 0 aliphatic carbocycles. The van der Waals surface area contributed by atoms with Gasteiger partial charge in [0.2, 0.25) is 5.95 Å². The number of morpholine rings is 1. The van der Waals surface area contributed by atoms with Crippen molar-refractivity contribution >= 4 is 34.5 Å². The van der Waals surface area contributed by atoms with Crippen LogP contribution in [0.3, 0.4) is 0 Å². The average molecular weight is 422 g/mol. The predicted octanol–water partition coefficient (Wildman–Crippen LogP) is 2.11. The molecule has 162 valence electrons. The molecule has 31 heavy (non-hydrogen) atoms. The van der Waals surface area contributed by atoms with Crippen molar-refractivity contribution in [1.82, 2.24) is 30.0 Å². The normalized spacial score (nSPS) is 17.8. The van der Waals surface area contributed by atoms with Crippen LogP contribution in [0.25, 0.3) is 11.0 Å². The standard InChI is InChI=1S/C21H26N8O2/c30-20-16-13-15-14-23-21(25-19(15)29(16)8-4-2-1-3-7-22-20)24-17-5-6-18(27-26-17)28-9-11-31-12-10-28/h5-6,13-14H,1-4,7-12H2,(H,22,30)(H,23,24,25,26). The molecule has 3 aromatic heterocycles. The van der Waals surface area contributed by atoms with Gasteiger partial charge < -0.3 is 24.8 Å². The summed E-state index contributed by atoms with van der Waals surface area (Å²) >= 11 is 0. The maximum atomic E-state index is 12.6. The summed E-state index contributed by atoms with van der Waals surface area (Å²) in [6.07, 6.45) is 6.04. The number of amides is 1. The number of carbonyl (C=O) groups excluding carboxylic acids is 1. The van der Waals surface area contributed by atoms with Crippen molar-refractivity contribution in [3.63, 3.8) is 0 Å². The molecule has 0 atom stereocenters. The lowest BCUT2D eigenvalue weighted by atomic mass is 10.2. The van der Waals surface area contributed by atoms with Crippen molar-refractivity contribution in [2.24, 2.45) is 0 Å². The zero-order valence-corrected chi connectivity index (χ0v) is 17.4. The first-order valence-corrected chi connectivity index (χ1v) is 10.9. The summed E-state index contributed by atoms with van der Waals surface area (Å²) in [5.41, 5.74) is 1.39. The predicted molar refractivity (Wildman–Crippen MR) is 117 cm³/mol. The Hall–Kier alpha value is -3.27. The molecule has 2 aliphatic heterocycles. The van der Waals surface area contributed by atoms with Gasteiger partial charge in [-0.3, -0.25) is 4.79 Å². The SMILES string of the molecule is O=C1NCCCCCCn2c1cc1cnc(Nc3ccc(N4CCOCC4)nn3)nc12. The highest BCUT2D eigenvalue weighted by Gasteiger charge is 2.18. The molecule has 0 saturated carbocycles. The molecule has 0 unspecified atom stereocenters. The third kappa shape index (κ3) is 4.29. The first-order valence-electron chi connectivity index (χ1n) is 10.9. The van der Waals surface area contributed by atoms with Gasteiger partial charge in [-0.05, 0) is 31.0 Å². The van der Waals surface area contributed by atoms with Crippen LogP contribution in [0.5, 0.6) is 0 Å². The maximum absolute atomic E-state index is 12.6. The topological polar surface area (TPSA) is 110 Å². The van der Waals surface area contributed by atoms with Gasteiger partial charge in [-0.2, -0.15) is 4.98 Å². The fraction of sp³-hybridized carbons (Fsp3) is 0.476. The number of anilines is 3. The molecule has 3 aromatic rings. The van der Waals surface area contributed by atoms with Crippen molar-refractivity contribution in [3.8, 4) is 0 Å². The van der Waals surface area contributed by atoms with Gasteiger partial charge in [0.1, 0.15) is 11.3 Å². The van der Waals surface area contributed by atoms with Crippen molar-refractivity contribution in [1.29, 1.82) is 0 Å². The minimum absolute atomic E-state index is 0.0565. The molecule has 1 fully saturated rings. The highest BCUT2D eigenvalue weighted by molar-refractivity contribution is 5.98. The Labute approximate surface area is 180 Å². The summed E-state index contributed by atoms with van der Waals surface area (Å²) in [7, 11) is 0. The number of aromatic nitrogens is 5. The second-order valence-corrected chi connectivity index (χ2v) is 7.83. The van der Waals surface area contributed by atoms with E-state index in [1.165, 1.54) is 0 Å². The third-order valence-corrected chi connectivity index (χ3v) is 5.69. The quantitative estimate of drug-likeness (QED) is 0.660. The molecule has 2 aliphatic rings. The lowest BCUT2D eigenvalue weighted by Gasteiger charge is -2.27. The van der Waals surface area contributed by atoms with Crippen LogP contribution in [0.15, 0.2) is 24.4 Å². The Balaban J connectivity index is 1.38. The van der Waals surface area contributed by atoms with Gasteiger partial charge in [0.25, 0.3) is 5.91 Å². The van der Waals surface area contributed by atoms with E-state index in [1.807, 2.05) is 22.8 Å². The molecular weight excluding hydrogens is 396 g/mol. The van der Waals surface area contributed by atoms with E-state index in [1.54, 1.807) is 6.20 Å². The van der Waals surface area contributed by atoms with Crippen LogP contribution in [-0.4, -0.2) is 63.5 Å². The Morgan fingerprint density at radius 1 is 1.03 bits per heavy atom. The Kier molecular flexibility index (Phi) is 5.61. The summed E-state index contributed by atoms with van der Waals surface area (Å²) in [5, 5.41) is 15.6. The van der Waals surface area contributed by atoms with Crippen molar-refractivity contribution in [3.05, 3.63) is 30.1 Å². The van der Waals surface area contributed by atoms with Gasteiger partial charge in [-0.25, -0.2) is 4.98 Å². The second kappa shape index (κ2) is 8.84. The van der Waals surface area contributed by atoms with E-state index in [9.17, 15) is 4.79 Å². The number of aryl methyl sites for hydroxylation is 1. The van der Waals surface area contributed by atoms with Crippen LogP contribution in [-0.2, 0) is 11.3 Å². The fourth-order valence-electron chi connectivity index (χ4n) is 4.02. The highest BCUT2D eigenvalue weighted by atomic mass is 16.5. The number of nitrogens with zero attached hydrogens (tertiary/aromatic N) is 6. The van der Waals surface area contributed by atoms with Crippen LogP contribution < -0.4 is 15.5 Å². The molecule has 0 bridgehead atoms. The Bertz CT molecular complexity index is 1060. The van der Waals surface area contributed by atoms with Crippen molar-refractivity contribution < 1.29 is 9.53 Å². The van der Waals surface area contributed by atoms with Gasteiger partial charge in [-0.15, -0.1) is 10.2 Å². The van der Waals surface area contributed by atoms with Gasteiger partial charge >= 0.3 is 0 Å². The maximum Gasteiger partial charge on any atom is 0.267 e. The van der Waals surface area contributed by atoms with Crippen molar-refractivity contribution in [2.45, 2.75) is 32.2 Å². The van der Waals surface area contributed by atoms with E-state index in [-0.39, 0.29) is 5.91 Å². The molecular formula is C21H26N8O2. The van der Waals surface area contributed by atoms with Crippen LogP contribution in [0.1, 0.15) is 36.2 Å². The van der Waals surface area contributed by atoms with Crippen LogP contribution in [0.4, 0.5) is 17.6 Å². The number of nitrogens with one attached hydrogen (secondary N) is 2. The van der Waals surface area contributed by atoms with Gasteiger partial charge in [0.05, 0.1) is 13.2 Å². The third-order valence-electron chi connectivity index (χ3n) is 5.69. The minimum atomic E-state index is -0.0565. The van der Waals surface area contributed by atoms with Gasteiger partial charge in [0, 0.05) is 37.8 Å². The molecule has 2 N–H and O–H groups in total. The molecule has 1 saturated heterocycles. The number of ether oxygens (including phenoxy) is 1. The molecule has 0 radical (unpaired) electrons. The summed E-state index contributed by atoms with van der Waals surface area (Å²) in [6.45, 7) is 4.50. The second-order valence-electron chi connectivity index (χ2n) is 7.83. The Morgan fingerprint density at radius 3 is 2.74 bits per heavy atom. The molecule has 1 amide bonds. The van der Waals surface area contributed by atoms with Gasteiger partial charge in [-0.1, -0.05) is 12.8 Å². The Morgan fingerprint density at radius 2 is 1.90 bits per heavy atom. The molecule has 5 heterocycles. The lowest BCUT2D eigenvalue weighted by Crippen LogP contribution is -2.36. The average Bonchev–Trinajstić information content (AvgIpc) is 3.17. The summed E-state index contributed by atoms with van der Waals surface area (Å²) < 4.78 is 7.38. The monoisotopic (exact) mass is 422 g/mol. The van der Waals surface area contributed by atoms with Crippen LogP contribution >= 0.6 is 0 Å². The largest absolute Gasteiger partial charge is 0.378 e. The lowest BCUT2D eigenvalue weighted by molar-refractivity contribution is 0.0942. The minimum Gasteiger partial charge on any atom is -0.378 e. The molecule has 0 aromatic carbocycles. The van der Waals surface area contributed by atoms with E-state index < -0.39 is 0 Å².